The molecule has 13 heavy (non-hydrogen) atoms. The number of oxime groups is 1. The van der Waals surface area contributed by atoms with Crippen molar-refractivity contribution in [3.63, 3.8) is 0 Å². The quantitative estimate of drug-likeness (QED) is 0.523. The number of hydrogen-bond acceptors (Lipinski definition) is 3. The second-order valence-electron chi connectivity index (χ2n) is 3.09. The van der Waals surface area contributed by atoms with Gasteiger partial charge in [-0.1, -0.05) is 25.1 Å². The van der Waals surface area contributed by atoms with Gasteiger partial charge in [-0.3, -0.25) is 4.98 Å². The van der Waals surface area contributed by atoms with Crippen molar-refractivity contribution < 1.29 is 4.84 Å². The van der Waals surface area contributed by atoms with E-state index in [1.165, 1.54) is 0 Å². The van der Waals surface area contributed by atoms with Gasteiger partial charge in [-0.15, -0.1) is 0 Å². The smallest absolute Gasteiger partial charge is 0.159 e. The highest BCUT2D eigenvalue weighted by atomic mass is 16.6. The van der Waals surface area contributed by atoms with Crippen LogP contribution in [0.2, 0.25) is 0 Å². The van der Waals surface area contributed by atoms with Crippen molar-refractivity contribution >= 4 is 6.21 Å². The number of nitrogens with zero attached hydrogens (tertiary/aromatic N) is 2. The van der Waals surface area contributed by atoms with Crippen LogP contribution in [0.1, 0.15) is 19.5 Å². The molecule has 1 aromatic rings. The Bertz CT molecular complexity index is 257. The van der Waals surface area contributed by atoms with Crippen molar-refractivity contribution in [3.05, 3.63) is 30.1 Å². The first-order valence-electron chi connectivity index (χ1n) is 4.34. The molecule has 0 aliphatic carbocycles. The molecule has 0 aromatic carbocycles. The van der Waals surface area contributed by atoms with Gasteiger partial charge in [0.15, 0.2) is 6.61 Å². The van der Waals surface area contributed by atoms with Gasteiger partial charge in [-0.05, 0) is 18.1 Å². The maximum absolute atomic E-state index is 5.04. The van der Waals surface area contributed by atoms with Crippen LogP contribution in [0.5, 0.6) is 0 Å². The summed E-state index contributed by atoms with van der Waals surface area (Å²) in [6.07, 6.45) is 3.51. The molecule has 70 valence electrons. The fourth-order valence-corrected chi connectivity index (χ4v) is 0.752. The number of rotatable bonds is 4. The predicted molar refractivity (Wildman–Crippen MR) is 52.4 cm³/mol. The summed E-state index contributed by atoms with van der Waals surface area (Å²) < 4.78 is 0. The molecule has 1 heterocycles. The highest BCUT2D eigenvalue weighted by Crippen LogP contribution is 1.96. The molecule has 3 nitrogen and oxygen atoms in total. The lowest BCUT2D eigenvalue weighted by Gasteiger charge is -1.98. The van der Waals surface area contributed by atoms with Crippen LogP contribution in [-0.2, 0) is 11.4 Å². The first kappa shape index (κ1) is 9.71. The molecule has 0 spiro atoms. The van der Waals surface area contributed by atoms with Crippen LogP contribution < -0.4 is 0 Å². The molecule has 1 rings (SSSR count). The molecule has 0 amide bonds. The summed E-state index contributed by atoms with van der Waals surface area (Å²) >= 11 is 0. The molecule has 0 fully saturated rings. The SMILES string of the molecule is CC(C)/C=N/OCc1ccccn1. The van der Waals surface area contributed by atoms with Gasteiger partial charge in [0.2, 0.25) is 0 Å². The topological polar surface area (TPSA) is 34.5 Å². The number of aromatic nitrogens is 1. The lowest BCUT2D eigenvalue weighted by atomic mass is 10.3. The predicted octanol–water partition coefficient (Wildman–Crippen LogP) is 2.24. The first-order valence-corrected chi connectivity index (χ1v) is 4.34. The Hall–Kier alpha value is -1.38. The van der Waals surface area contributed by atoms with Crippen LogP contribution in [0.4, 0.5) is 0 Å². The lowest BCUT2D eigenvalue weighted by molar-refractivity contribution is 0.128. The average molecular weight is 178 g/mol. The molecule has 0 saturated heterocycles. The molecule has 0 aliphatic heterocycles. The zero-order chi connectivity index (χ0) is 9.52. The Morgan fingerprint density at radius 3 is 3.00 bits per heavy atom. The summed E-state index contributed by atoms with van der Waals surface area (Å²) in [7, 11) is 0. The van der Waals surface area contributed by atoms with E-state index in [-0.39, 0.29) is 0 Å². The van der Waals surface area contributed by atoms with Gasteiger partial charge in [0, 0.05) is 12.4 Å². The van der Waals surface area contributed by atoms with Crippen molar-refractivity contribution in [3.8, 4) is 0 Å². The molecule has 1 aromatic heterocycles. The van der Waals surface area contributed by atoms with Crippen LogP contribution >= 0.6 is 0 Å². The average Bonchev–Trinajstić information content (AvgIpc) is 2.14. The van der Waals surface area contributed by atoms with Crippen LogP contribution in [0.15, 0.2) is 29.6 Å². The van der Waals surface area contributed by atoms with Gasteiger partial charge in [0.05, 0.1) is 5.69 Å². The molecule has 0 saturated carbocycles. The van der Waals surface area contributed by atoms with Crippen LogP contribution in [-0.4, -0.2) is 11.2 Å². The van der Waals surface area contributed by atoms with E-state index >= 15 is 0 Å². The fraction of sp³-hybridized carbons (Fsp3) is 0.400. The minimum atomic E-state index is 0.420. The monoisotopic (exact) mass is 178 g/mol. The van der Waals surface area contributed by atoms with E-state index in [2.05, 4.69) is 10.1 Å². The summed E-state index contributed by atoms with van der Waals surface area (Å²) in [5, 5.41) is 3.80. The van der Waals surface area contributed by atoms with Crippen molar-refractivity contribution in [1.82, 2.24) is 4.98 Å². The summed E-state index contributed by atoms with van der Waals surface area (Å²) in [6.45, 7) is 4.53. The normalized spacial score (nSPS) is 11.0. The van der Waals surface area contributed by atoms with E-state index < -0.39 is 0 Å². The van der Waals surface area contributed by atoms with Crippen LogP contribution in [0, 0.1) is 5.92 Å². The summed E-state index contributed by atoms with van der Waals surface area (Å²) in [5.41, 5.74) is 0.892. The second-order valence-corrected chi connectivity index (χ2v) is 3.09. The Balaban J connectivity index is 2.28. The molecular weight excluding hydrogens is 164 g/mol. The largest absolute Gasteiger partial charge is 0.390 e. The molecule has 3 heteroatoms. The Kier molecular flexibility index (Phi) is 3.96. The first-order chi connectivity index (χ1) is 6.29. The van der Waals surface area contributed by atoms with E-state index in [1.54, 1.807) is 12.4 Å². The standard InChI is InChI=1S/C10H14N2O/c1-9(2)7-12-13-8-10-5-3-4-6-11-10/h3-7,9H,8H2,1-2H3/b12-7+. The molecule has 0 atom stereocenters. The van der Waals surface area contributed by atoms with Gasteiger partial charge >= 0.3 is 0 Å². The third-order valence-electron chi connectivity index (χ3n) is 1.37. The van der Waals surface area contributed by atoms with Gasteiger partial charge in [0.25, 0.3) is 0 Å². The lowest BCUT2D eigenvalue weighted by Crippen LogP contribution is -1.92. The minimum absolute atomic E-state index is 0.420. The summed E-state index contributed by atoms with van der Waals surface area (Å²) in [5.74, 6) is 0.420. The number of pyridine rings is 1. The van der Waals surface area contributed by atoms with Gasteiger partial charge in [-0.2, -0.15) is 0 Å². The van der Waals surface area contributed by atoms with E-state index in [4.69, 9.17) is 4.84 Å². The van der Waals surface area contributed by atoms with E-state index in [0.717, 1.165) is 5.69 Å². The molecule has 0 radical (unpaired) electrons. The van der Waals surface area contributed by atoms with Crippen molar-refractivity contribution in [2.75, 3.05) is 0 Å². The second kappa shape index (κ2) is 5.30. The molecule has 0 unspecified atom stereocenters. The Labute approximate surface area is 78.4 Å². The molecule has 0 bridgehead atoms. The fourth-order valence-electron chi connectivity index (χ4n) is 0.752. The number of hydrogen-bond donors (Lipinski definition) is 0. The Morgan fingerprint density at radius 2 is 2.38 bits per heavy atom. The van der Waals surface area contributed by atoms with E-state index in [0.29, 0.717) is 12.5 Å². The molecular formula is C10H14N2O. The maximum Gasteiger partial charge on any atom is 0.159 e. The zero-order valence-electron chi connectivity index (χ0n) is 7.97. The van der Waals surface area contributed by atoms with Crippen molar-refractivity contribution in [2.24, 2.45) is 11.1 Å². The van der Waals surface area contributed by atoms with Gasteiger partial charge in [-0.25, -0.2) is 0 Å². The third kappa shape index (κ3) is 4.25. The maximum atomic E-state index is 5.04. The highest BCUT2D eigenvalue weighted by Gasteiger charge is 1.91. The van der Waals surface area contributed by atoms with Crippen molar-refractivity contribution in [1.29, 1.82) is 0 Å². The zero-order valence-corrected chi connectivity index (χ0v) is 7.97. The molecule has 0 aliphatic rings. The minimum Gasteiger partial charge on any atom is -0.390 e. The molecule has 0 N–H and O–H groups in total. The summed E-state index contributed by atoms with van der Waals surface area (Å²) in [4.78, 5) is 9.13. The highest BCUT2D eigenvalue weighted by molar-refractivity contribution is 5.58. The third-order valence-corrected chi connectivity index (χ3v) is 1.37. The van der Waals surface area contributed by atoms with E-state index in [9.17, 15) is 0 Å². The van der Waals surface area contributed by atoms with Crippen molar-refractivity contribution in [2.45, 2.75) is 20.5 Å². The van der Waals surface area contributed by atoms with Gasteiger partial charge in [0.1, 0.15) is 0 Å². The van der Waals surface area contributed by atoms with Crippen LogP contribution in [0.3, 0.4) is 0 Å². The summed E-state index contributed by atoms with van der Waals surface area (Å²) in [6, 6.07) is 5.71. The van der Waals surface area contributed by atoms with Crippen LogP contribution in [0.25, 0.3) is 0 Å². The van der Waals surface area contributed by atoms with Gasteiger partial charge < -0.3 is 4.84 Å². The van der Waals surface area contributed by atoms with E-state index in [1.807, 2.05) is 32.0 Å². The Morgan fingerprint density at radius 1 is 1.54 bits per heavy atom.